The van der Waals surface area contributed by atoms with Gasteiger partial charge < -0.3 is 24.4 Å². The molecule has 2 aromatic carbocycles. The highest BCUT2D eigenvalue weighted by molar-refractivity contribution is 5.89. The smallest absolute Gasteiger partial charge is 0.321 e. The van der Waals surface area contributed by atoms with Crippen molar-refractivity contribution in [2.24, 2.45) is 0 Å². The van der Waals surface area contributed by atoms with Gasteiger partial charge in [0.05, 0.1) is 13.2 Å². The van der Waals surface area contributed by atoms with E-state index in [1.54, 1.807) is 4.90 Å². The van der Waals surface area contributed by atoms with Crippen LogP contribution in [0.3, 0.4) is 0 Å². The van der Waals surface area contributed by atoms with E-state index in [2.05, 4.69) is 5.32 Å². The van der Waals surface area contributed by atoms with Gasteiger partial charge in [-0.3, -0.25) is 0 Å². The fourth-order valence-corrected chi connectivity index (χ4v) is 3.39. The Balaban J connectivity index is 1.29. The first kappa shape index (κ1) is 17.8. The zero-order valence-electron chi connectivity index (χ0n) is 15.2. The number of anilines is 1. The van der Waals surface area contributed by atoms with Crippen LogP contribution in [0.1, 0.15) is 19.3 Å². The zero-order valence-corrected chi connectivity index (χ0v) is 15.2. The highest BCUT2D eigenvalue weighted by Crippen LogP contribution is 2.31. The molecule has 142 valence electrons. The Morgan fingerprint density at radius 2 is 1.56 bits per heavy atom. The number of hydrogen-bond donors (Lipinski definition) is 1. The Labute approximate surface area is 159 Å². The van der Waals surface area contributed by atoms with Crippen LogP contribution in [-0.2, 0) is 9.47 Å². The first-order valence-electron chi connectivity index (χ1n) is 9.39. The number of nitrogens with one attached hydrogen (secondary N) is 1. The van der Waals surface area contributed by atoms with Gasteiger partial charge in [-0.05, 0) is 42.8 Å². The lowest BCUT2D eigenvalue weighted by molar-refractivity contribution is -0.281. The number of nitrogens with zero attached hydrogens (tertiary/aromatic N) is 1. The van der Waals surface area contributed by atoms with Gasteiger partial charge in [-0.15, -0.1) is 0 Å². The van der Waals surface area contributed by atoms with Gasteiger partial charge >= 0.3 is 6.03 Å². The third-order valence-corrected chi connectivity index (χ3v) is 4.92. The second-order valence-electron chi connectivity index (χ2n) is 6.82. The summed E-state index contributed by atoms with van der Waals surface area (Å²) in [4.78, 5) is 14.3. The number of piperidine rings is 1. The van der Waals surface area contributed by atoms with Crippen LogP contribution in [0.25, 0.3) is 0 Å². The Kier molecular flexibility index (Phi) is 5.27. The summed E-state index contributed by atoms with van der Waals surface area (Å²) in [6.07, 6.45) is 2.37. The molecule has 0 bridgehead atoms. The molecule has 2 fully saturated rings. The molecular formula is C21H24N2O4. The van der Waals surface area contributed by atoms with Crippen LogP contribution in [0, 0.1) is 0 Å². The molecule has 2 heterocycles. The summed E-state index contributed by atoms with van der Waals surface area (Å²) >= 11 is 0. The van der Waals surface area contributed by atoms with E-state index in [1.807, 2.05) is 54.6 Å². The second-order valence-corrected chi connectivity index (χ2v) is 6.82. The van der Waals surface area contributed by atoms with Crippen molar-refractivity contribution in [1.29, 1.82) is 0 Å². The van der Waals surface area contributed by atoms with E-state index in [9.17, 15) is 4.79 Å². The Morgan fingerprint density at radius 3 is 2.22 bits per heavy atom. The van der Waals surface area contributed by atoms with Gasteiger partial charge in [0, 0.05) is 31.6 Å². The molecule has 0 saturated carbocycles. The molecule has 0 atom stereocenters. The van der Waals surface area contributed by atoms with Gasteiger partial charge in [-0.2, -0.15) is 0 Å². The second kappa shape index (κ2) is 7.98. The summed E-state index contributed by atoms with van der Waals surface area (Å²) in [7, 11) is 0. The van der Waals surface area contributed by atoms with Crippen LogP contribution >= 0.6 is 0 Å². The lowest BCUT2D eigenvalue weighted by Gasteiger charge is -2.43. The lowest BCUT2D eigenvalue weighted by atomic mass is 10.0. The average Bonchev–Trinajstić information content (AvgIpc) is 2.71. The number of carbonyl (C=O) groups is 1. The van der Waals surface area contributed by atoms with Crippen molar-refractivity contribution in [3.8, 4) is 11.5 Å². The molecule has 27 heavy (non-hydrogen) atoms. The van der Waals surface area contributed by atoms with Crippen molar-refractivity contribution >= 4 is 11.7 Å². The molecule has 2 aliphatic heterocycles. The SMILES string of the molecule is O=C(Nc1ccc(Oc2ccccc2)cc1)N1CCC2(CC1)OCCCO2. The molecule has 6 heteroatoms. The number of ether oxygens (including phenoxy) is 3. The molecule has 2 aromatic rings. The molecule has 1 N–H and O–H groups in total. The highest BCUT2D eigenvalue weighted by atomic mass is 16.7. The van der Waals surface area contributed by atoms with Crippen LogP contribution in [-0.4, -0.2) is 43.0 Å². The highest BCUT2D eigenvalue weighted by Gasteiger charge is 2.39. The predicted octanol–water partition coefficient (Wildman–Crippen LogP) is 4.24. The maximum Gasteiger partial charge on any atom is 0.321 e. The van der Waals surface area contributed by atoms with Gasteiger partial charge in [0.2, 0.25) is 0 Å². The fourth-order valence-electron chi connectivity index (χ4n) is 3.39. The monoisotopic (exact) mass is 368 g/mol. The van der Waals surface area contributed by atoms with Crippen molar-refractivity contribution < 1.29 is 19.0 Å². The lowest BCUT2D eigenvalue weighted by Crippen LogP contribution is -2.52. The third-order valence-electron chi connectivity index (χ3n) is 4.92. The van der Waals surface area contributed by atoms with E-state index in [-0.39, 0.29) is 6.03 Å². The quantitative estimate of drug-likeness (QED) is 0.880. The standard InChI is InChI=1S/C21H24N2O4/c24-20(23-13-11-21(12-14-23)25-15-4-16-26-21)22-17-7-9-19(10-8-17)27-18-5-2-1-3-6-18/h1-3,5-10H,4,11-16H2,(H,22,24). The summed E-state index contributed by atoms with van der Waals surface area (Å²) in [5.74, 6) is 1.03. The van der Waals surface area contributed by atoms with Crippen LogP contribution in [0.4, 0.5) is 10.5 Å². The van der Waals surface area contributed by atoms with E-state index in [0.29, 0.717) is 25.9 Å². The number of likely N-dealkylation sites (tertiary alicyclic amines) is 1. The van der Waals surface area contributed by atoms with E-state index in [1.165, 1.54) is 0 Å². The zero-order chi connectivity index (χ0) is 18.5. The summed E-state index contributed by atoms with van der Waals surface area (Å²) < 4.78 is 17.4. The van der Waals surface area contributed by atoms with Crippen LogP contribution < -0.4 is 10.1 Å². The van der Waals surface area contributed by atoms with E-state index < -0.39 is 5.79 Å². The summed E-state index contributed by atoms with van der Waals surface area (Å²) in [6.45, 7) is 2.73. The number of urea groups is 1. The molecule has 0 aromatic heterocycles. The van der Waals surface area contributed by atoms with E-state index in [4.69, 9.17) is 14.2 Å². The Bertz CT molecular complexity index is 748. The largest absolute Gasteiger partial charge is 0.457 e. The molecule has 0 aliphatic carbocycles. The third kappa shape index (κ3) is 4.40. The molecule has 0 unspecified atom stereocenters. The molecule has 4 rings (SSSR count). The molecule has 2 saturated heterocycles. The van der Waals surface area contributed by atoms with Crippen molar-refractivity contribution in [3.63, 3.8) is 0 Å². The molecule has 6 nitrogen and oxygen atoms in total. The number of hydrogen-bond acceptors (Lipinski definition) is 4. The van der Waals surface area contributed by atoms with Gasteiger partial charge in [0.1, 0.15) is 11.5 Å². The Hall–Kier alpha value is -2.57. The van der Waals surface area contributed by atoms with Crippen LogP contribution in [0.2, 0.25) is 0 Å². The van der Waals surface area contributed by atoms with Crippen LogP contribution in [0.5, 0.6) is 11.5 Å². The number of para-hydroxylation sites is 1. The van der Waals surface area contributed by atoms with E-state index >= 15 is 0 Å². The van der Waals surface area contributed by atoms with Crippen molar-refractivity contribution in [2.45, 2.75) is 25.0 Å². The minimum Gasteiger partial charge on any atom is -0.457 e. The summed E-state index contributed by atoms with van der Waals surface area (Å²) in [6, 6.07) is 16.9. The van der Waals surface area contributed by atoms with Gasteiger partial charge in [0.25, 0.3) is 0 Å². The summed E-state index contributed by atoms with van der Waals surface area (Å²) in [5.41, 5.74) is 0.742. The van der Waals surface area contributed by atoms with E-state index in [0.717, 1.165) is 36.8 Å². The molecule has 2 amide bonds. The minimum atomic E-state index is -0.481. The number of amides is 2. The predicted molar refractivity (Wildman–Crippen MR) is 102 cm³/mol. The molecule has 1 spiro atoms. The number of carbonyl (C=O) groups excluding carboxylic acids is 1. The number of rotatable bonds is 3. The maximum atomic E-state index is 12.5. The van der Waals surface area contributed by atoms with Crippen molar-refractivity contribution in [2.75, 3.05) is 31.6 Å². The van der Waals surface area contributed by atoms with Crippen molar-refractivity contribution in [3.05, 3.63) is 54.6 Å². The van der Waals surface area contributed by atoms with Gasteiger partial charge in [-0.25, -0.2) is 4.79 Å². The molecular weight excluding hydrogens is 344 g/mol. The summed E-state index contributed by atoms with van der Waals surface area (Å²) in [5, 5.41) is 2.94. The first-order valence-corrected chi connectivity index (χ1v) is 9.39. The van der Waals surface area contributed by atoms with Crippen molar-refractivity contribution in [1.82, 2.24) is 4.90 Å². The average molecular weight is 368 g/mol. The fraction of sp³-hybridized carbons (Fsp3) is 0.381. The molecule has 2 aliphatic rings. The maximum absolute atomic E-state index is 12.5. The number of benzene rings is 2. The molecule has 0 radical (unpaired) electrons. The van der Waals surface area contributed by atoms with Gasteiger partial charge in [-0.1, -0.05) is 18.2 Å². The van der Waals surface area contributed by atoms with Gasteiger partial charge in [0.15, 0.2) is 5.79 Å². The topological polar surface area (TPSA) is 60.0 Å². The first-order chi connectivity index (χ1) is 13.2. The van der Waals surface area contributed by atoms with Crippen LogP contribution in [0.15, 0.2) is 54.6 Å². The minimum absolute atomic E-state index is 0.0996. The normalized spacial score (nSPS) is 18.9. The Morgan fingerprint density at radius 1 is 0.926 bits per heavy atom.